The molecule has 2 amide bonds. The number of nitrogens with one attached hydrogen (secondary N) is 2. The maximum absolute atomic E-state index is 13.2. The number of nitrogens with zero attached hydrogens (tertiary/aromatic N) is 1. The number of carbonyl (C=O) groups is 4. The molecule has 200 valence electrons. The van der Waals surface area contributed by atoms with Gasteiger partial charge in [0.1, 0.15) is 12.6 Å². The first-order valence-corrected chi connectivity index (χ1v) is 13.2. The molecule has 1 aromatic rings. The molecule has 1 aromatic carbocycles. The van der Waals surface area contributed by atoms with E-state index in [1.54, 1.807) is 6.92 Å². The molecule has 1 saturated heterocycles. The van der Waals surface area contributed by atoms with Gasteiger partial charge < -0.3 is 15.4 Å². The van der Waals surface area contributed by atoms with Crippen molar-refractivity contribution in [2.24, 2.45) is 11.8 Å². The Morgan fingerprint density at radius 3 is 2.42 bits per heavy atom. The number of rotatable bonds is 14. The zero-order chi connectivity index (χ0) is 26.7. The van der Waals surface area contributed by atoms with E-state index < -0.39 is 36.4 Å². The number of carbonyl (C=O) groups excluding carboxylic acids is 4. The van der Waals surface area contributed by atoms with Gasteiger partial charge >= 0.3 is 5.97 Å². The summed E-state index contributed by atoms with van der Waals surface area (Å²) in [6.45, 7) is 8.32. The summed E-state index contributed by atoms with van der Waals surface area (Å²) < 4.78 is 5.36. The third-order valence-electron chi connectivity index (χ3n) is 6.95. The fourth-order valence-electron chi connectivity index (χ4n) is 5.04. The third kappa shape index (κ3) is 8.73. The van der Waals surface area contributed by atoms with E-state index in [4.69, 9.17) is 4.74 Å². The lowest BCUT2D eigenvalue weighted by Gasteiger charge is -2.27. The number of ketones is 1. The summed E-state index contributed by atoms with van der Waals surface area (Å²) in [6.07, 6.45) is 4.59. The Morgan fingerprint density at radius 2 is 1.78 bits per heavy atom. The molecule has 5 unspecified atom stereocenters. The van der Waals surface area contributed by atoms with Crippen molar-refractivity contribution in [2.45, 2.75) is 84.4 Å². The molecule has 1 aliphatic rings. The van der Waals surface area contributed by atoms with E-state index in [-0.39, 0.29) is 23.8 Å². The predicted octanol–water partition coefficient (Wildman–Crippen LogP) is 3.41. The Morgan fingerprint density at radius 1 is 1.08 bits per heavy atom. The average molecular weight is 502 g/mol. The molecule has 0 aliphatic carbocycles. The molecule has 1 aliphatic heterocycles. The summed E-state index contributed by atoms with van der Waals surface area (Å²) in [5, 5.41) is 5.26. The SMILES string of the molecule is CCCC(C)CC(NC(=O)C1C(CCC)CCN1C)C(=O)C(=O)NCC(=O)OC(C)c1ccccc1. The van der Waals surface area contributed by atoms with E-state index in [9.17, 15) is 19.2 Å². The Kier molecular flexibility index (Phi) is 12.1. The largest absolute Gasteiger partial charge is 0.456 e. The van der Waals surface area contributed by atoms with Crippen LogP contribution in [0, 0.1) is 11.8 Å². The number of hydrogen-bond acceptors (Lipinski definition) is 6. The Balaban J connectivity index is 2.00. The summed E-state index contributed by atoms with van der Waals surface area (Å²) >= 11 is 0. The number of Topliss-reactive ketones (excluding diaryl/α,β-unsaturated/α-hetero) is 1. The van der Waals surface area contributed by atoms with E-state index in [1.165, 1.54) is 0 Å². The standard InChI is InChI=1S/C28H43N3O5/c1-6-11-19(3)17-23(30-27(34)25-22(12-7-2)15-16-31(25)5)26(33)28(35)29-18-24(32)36-20(4)21-13-9-8-10-14-21/h8-10,13-14,19-20,22-23,25H,6-7,11-12,15-18H2,1-5H3,(H,29,35)(H,30,34). The van der Waals surface area contributed by atoms with Gasteiger partial charge in [0.25, 0.3) is 5.91 Å². The normalized spacial score (nSPS) is 20.2. The van der Waals surface area contributed by atoms with Crippen LogP contribution in [-0.2, 0) is 23.9 Å². The number of hydrogen-bond donors (Lipinski definition) is 2. The second kappa shape index (κ2) is 14.7. The lowest BCUT2D eigenvalue weighted by atomic mass is 9.92. The summed E-state index contributed by atoms with van der Waals surface area (Å²) in [4.78, 5) is 53.3. The van der Waals surface area contributed by atoms with Crippen LogP contribution in [0.3, 0.4) is 0 Å². The van der Waals surface area contributed by atoms with Gasteiger partial charge in [-0.05, 0) is 57.2 Å². The van der Waals surface area contributed by atoms with Crippen molar-refractivity contribution in [3.8, 4) is 0 Å². The number of amides is 2. The molecule has 5 atom stereocenters. The highest BCUT2D eigenvalue weighted by Crippen LogP contribution is 2.27. The monoisotopic (exact) mass is 501 g/mol. The van der Waals surface area contributed by atoms with E-state index >= 15 is 0 Å². The van der Waals surface area contributed by atoms with E-state index in [0.29, 0.717) is 6.42 Å². The molecular weight excluding hydrogens is 458 g/mol. The van der Waals surface area contributed by atoms with Gasteiger partial charge in [0.05, 0.1) is 12.1 Å². The van der Waals surface area contributed by atoms with Crippen molar-refractivity contribution in [3.63, 3.8) is 0 Å². The first kappa shape index (κ1) is 29.5. The molecule has 0 spiro atoms. The quantitative estimate of drug-likeness (QED) is 0.299. The minimum absolute atomic E-state index is 0.154. The van der Waals surface area contributed by atoms with Crippen LogP contribution in [0.15, 0.2) is 30.3 Å². The van der Waals surface area contributed by atoms with Crippen LogP contribution >= 0.6 is 0 Å². The first-order chi connectivity index (χ1) is 17.2. The fourth-order valence-corrected chi connectivity index (χ4v) is 5.04. The molecule has 1 fully saturated rings. The molecule has 0 radical (unpaired) electrons. The average Bonchev–Trinajstić information content (AvgIpc) is 3.22. The number of esters is 1. The lowest BCUT2D eigenvalue weighted by Crippen LogP contribution is -2.54. The molecule has 1 heterocycles. The van der Waals surface area contributed by atoms with E-state index in [1.807, 2.05) is 49.2 Å². The second-order valence-electron chi connectivity index (χ2n) is 10.0. The topological polar surface area (TPSA) is 105 Å². The Bertz CT molecular complexity index is 873. The van der Waals surface area contributed by atoms with Gasteiger partial charge in [0.15, 0.2) is 0 Å². The van der Waals surface area contributed by atoms with Crippen molar-refractivity contribution in [2.75, 3.05) is 20.1 Å². The van der Waals surface area contributed by atoms with Gasteiger partial charge in [-0.3, -0.25) is 24.1 Å². The maximum Gasteiger partial charge on any atom is 0.326 e. The Labute approximate surface area is 215 Å². The molecule has 8 heteroatoms. The highest BCUT2D eigenvalue weighted by atomic mass is 16.5. The number of benzene rings is 1. The molecule has 0 saturated carbocycles. The van der Waals surface area contributed by atoms with Crippen molar-refractivity contribution in [3.05, 3.63) is 35.9 Å². The van der Waals surface area contributed by atoms with Crippen LogP contribution in [-0.4, -0.2) is 60.7 Å². The molecule has 8 nitrogen and oxygen atoms in total. The minimum Gasteiger partial charge on any atom is -0.456 e. The molecule has 2 rings (SSSR count). The minimum atomic E-state index is -0.936. The zero-order valence-corrected chi connectivity index (χ0v) is 22.4. The van der Waals surface area contributed by atoms with Gasteiger partial charge in [-0.15, -0.1) is 0 Å². The van der Waals surface area contributed by atoms with Crippen molar-refractivity contribution in [1.29, 1.82) is 0 Å². The number of likely N-dealkylation sites (tertiary alicyclic amines) is 1. The maximum atomic E-state index is 13.2. The van der Waals surface area contributed by atoms with Crippen LogP contribution in [0.5, 0.6) is 0 Å². The second-order valence-corrected chi connectivity index (χ2v) is 10.0. The van der Waals surface area contributed by atoms with Crippen LogP contribution < -0.4 is 10.6 Å². The zero-order valence-electron chi connectivity index (χ0n) is 22.4. The third-order valence-corrected chi connectivity index (χ3v) is 6.95. The van der Waals surface area contributed by atoms with Crippen molar-refractivity contribution < 1.29 is 23.9 Å². The van der Waals surface area contributed by atoms with Crippen LogP contribution in [0.4, 0.5) is 0 Å². The predicted molar refractivity (Wildman–Crippen MR) is 139 cm³/mol. The number of likely N-dealkylation sites (N-methyl/N-ethyl adjacent to an activating group) is 1. The smallest absolute Gasteiger partial charge is 0.326 e. The van der Waals surface area contributed by atoms with Crippen LogP contribution in [0.1, 0.15) is 77.9 Å². The summed E-state index contributed by atoms with van der Waals surface area (Å²) in [5.41, 5.74) is 0.833. The van der Waals surface area contributed by atoms with Gasteiger partial charge in [-0.25, -0.2) is 0 Å². The van der Waals surface area contributed by atoms with Crippen molar-refractivity contribution in [1.82, 2.24) is 15.5 Å². The fraction of sp³-hybridized carbons (Fsp3) is 0.643. The van der Waals surface area contributed by atoms with Gasteiger partial charge in [-0.2, -0.15) is 0 Å². The highest BCUT2D eigenvalue weighted by Gasteiger charge is 2.39. The molecule has 36 heavy (non-hydrogen) atoms. The molecular formula is C28H43N3O5. The first-order valence-electron chi connectivity index (χ1n) is 13.2. The highest BCUT2D eigenvalue weighted by molar-refractivity contribution is 6.38. The summed E-state index contributed by atoms with van der Waals surface area (Å²) in [5.74, 6) is -2.08. The number of ether oxygens (including phenoxy) is 1. The van der Waals surface area contributed by atoms with E-state index in [2.05, 4.69) is 24.5 Å². The Hall–Kier alpha value is -2.74. The molecule has 2 N–H and O–H groups in total. The lowest BCUT2D eigenvalue weighted by molar-refractivity contribution is -0.149. The van der Waals surface area contributed by atoms with Gasteiger partial charge in [0.2, 0.25) is 11.7 Å². The summed E-state index contributed by atoms with van der Waals surface area (Å²) in [6, 6.07) is 8.02. The summed E-state index contributed by atoms with van der Waals surface area (Å²) in [7, 11) is 1.92. The van der Waals surface area contributed by atoms with Gasteiger partial charge in [-0.1, -0.05) is 70.4 Å². The molecule has 0 aromatic heterocycles. The van der Waals surface area contributed by atoms with Crippen LogP contribution in [0.25, 0.3) is 0 Å². The van der Waals surface area contributed by atoms with Crippen LogP contribution in [0.2, 0.25) is 0 Å². The van der Waals surface area contributed by atoms with Gasteiger partial charge in [0, 0.05) is 0 Å². The van der Waals surface area contributed by atoms with E-state index in [0.717, 1.165) is 44.2 Å². The van der Waals surface area contributed by atoms with Crippen molar-refractivity contribution >= 4 is 23.6 Å². The molecule has 0 bridgehead atoms.